The van der Waals surface area contributed by atoms with Gasteiger partial charge in [0.1, 0.15) is 12.2 Å². The number of rotatable bonds is 7. The Labute approximate surface area is 145 Å². The molecular weight excluding hydrogens is 350 g/mol. The molecule has 0 fully saturated rings. The molecule has 0 atom stereocenters. The molecule has 0 heterocycles. The van der Waals surface area contributed by atoms with Crippen molar-refractivity contribution in [3.8, 4) is 0 Å². The molecule has 1 amide bonds. The number of sulfonamides is 1. The van der Waals surface area contributed by atoms with E-state index in [9.17, 15) is 22.0 Å². The summed E-state index contributed by atoms with van der Waals surface area (Å²) in [6.07, 6.45) is 1.34. The standard InChI is InChI=1S/C17H18F2N2O3S/c1-25(23,24)21(17-14(18)8-5-9-15(17)19)12-16(22)20-11-10-13-6-3-2-4-7-13/h2-9H,10-12H2,1H3,(H,20,22). The average Bonchev–Trinajstić information content (AvgIpc) is 2.54. The van der Waals surface area contributed by atoms with E-state index in [0.29, 0.717) is 10.7 Å². The van der Waals surface area contributed by atoms with Crippen molar-refractivity contribution in [1.82, 2.24) is 5.32 Å². The maximum atomic E-state index is 13.9. The first-order chi connectivity index (χ1) is 11.8. The number of nitrogens with one attached hydrogen (secondary N) is 1. The van der Waals surface area contributed by atoms with Crippen molar-refractivity contribution in [2.75, 3.05) is 23.7 Å². The number of carbonyl (C=O) groups is 1. The highest BCUT2D eigenvalue weighted by molar-refractivity contribution is 7.92. The monoisotopic (exact) mass is 368 g/mol. The zero-order valence-electron chi connectivity index (χ0n) is 13.6. The van der Waals surface area contributed by atoms with Crippen molar-refractivity contribution >= 4 is 21.6 Å². The molecule has 1 N–H and O–H groups in total. The van der Waals surface area contributed by atoms with Gasteiger partial charge >= 0.3 is 0 Å². The van der Waals surface area contributed by atoms with Gasteiger partial charge in [-0.3, -0.25) is 9.10 Å². The summed E-state index contributed by atoms with van der Waals surface area (Å²) < 4.78 is 51.9. The molecule has 0 aliphatic carbocycles. The number of amides is 1. The number of benzene rings is 2. The molecule has 0 aromatic heterocycles. The first kappa shape index (κ1) is 18.9. The van der Waals surface area contributed by atoms with Crippen molar-refractivity contribution in [2.24, 2.45) is 0 Å². The normalized spacial score (nSPS) is 11.2. The minimum absolute atomic E-state index is 0.278. The minimum Gasteiger partial charge on any atom is -0.354 e. The van der Waals surface area contributed by atoms with Crippen LogP contribution in [-0.2, 0) is 21.2 Å². The number of carbonyl (C=O) groups excluding carboxylic acids is 1. The molecule has 0 aliphatic heterocycles. The second-order valence-corrected chi connectivity index (χ2v) is 7.33. The number of hydrogen-bond donors (Lipinski definition) is 1. The van der Waals surface area contributed by atoms with E-state index in [-0.39, 0.29) is 6.54 Å². The summed E-state index contributed by atoms with van der Waals surface area (Å²) in [5.41, 5.74) is 0.242. The second-order valence-electron chi connectivity index (χ2n) is 5.43. The Balaban J connectivity index is 2.06. The summed E-state index contributed by atoms with van der Waals surface area (Å²) in [5.74, 6) is -2.76. The second kappa shape index (κ2) is 8.06. The Morgan fingerprint density at radius 1 is 1.04 bits per heavy atom. The molecule has 0 bridgehead atoms. The molecule has 0 saturated heterocycles. The molecule has 0 saturated carbocycles. The van der Waals surface area contributed by atoms with E-state index < -0.39 is 39.8 Å². The molecule has 2 aromatic rings. The highest BCUT2D eigenvalue weighted by Crippen LogP contribution is 2.25. The van der Waals surface area contributed by atoms with Gasteiger partial charge in [-0.1, -0.05) is 36.4 Å². The Bertz CT molecular complexity index is 822. The Hall–Kier alpha value is -2.48. The molecule has 0 aliphatic rings. The third kappa shape index (κ3) is 5.25. The average molecular weight is 368 g/mol. The number of nitrogens with zero attached hydrogens (tertiary/aromatic N) is 1. The molecule has 2 rings (SSSR count). The van der Waals surface area contributed by atoms with Gasteiger partial charge in [-0.2, -0.15) is 0 Å². The Morgan fingerprint density at radius 3 is 2.20 bits per heavy atom. The SMILES string of the molecule is CS(=O)(=O)N(CC(=O)NCCc1ccccc1)c1c(F)cccc1F. The van der Waals surface area contributed by atoms with E-state index in [1.807, 2.05) is 30.3 Å². The van der Waals surface area contributed by atoms with Crippen molar-refractivity contribution in [2.45, 2.75) is 6.42 Å². The van der Waals surface area contributed by atoms with Crippen LogP contribution in [0.15, 0.2) is 48.5 Å². The summed E-state index contributed by atoms with van der Waals surface area (Å²) in [7, 11) is -4.04. The Morgan fingerprint density at radius 2 is 1.64 bits per heavy atom. The van der Waals surface area contributed by atoms with Gasteiger partial charge in [0.25, 0.3) is 0 Å². The van der Waals surface area contributed by atoms with Gasteiger partial charge in [-0.05, 0) is 24.1 Å². The van der Waals surface area contributed by atoms with Crippen LogP contribution >= 0.6 is 0 Å². The number of hydrogen-bond acceptors (Lipinski definition) is 3. The van der Waals surface area contributed by atoms with Crippen molar-refractivity contribution in [1.29, 1.82) is 0 Å². The predicted octanol–water partition coefficient (Wildman–Crippen LogP) is 2.09. The molecule has 0 unspecified atom stereocenters. The molecule has 5 nitrogen and oxygen atoms in total. The molecular formula is C17H18F2N2O3S. The van der Waals surface area contributed by atoms with E-state index in [2.05, 4.69) is 5.32 Å². The fourth-order valence-corrected chi connectivity index (χ4v) is 3.12. The third-order valence-corrected chi connectivity index (χ3v) is 4.57. The van der Waals surface area contributed by atoms with Crippen LogP contribution in [0.1, 0.15) is 5.56 Å². The molecule has 134 valence electrons. The highest BCUT2D eigenvalue weighted by atomic mass is 32.2. The lowest BCUT2D eigenvalue weighted by Gasteiger charge is -2.22. The number of halogens is 2. The van der Waals surface area contributed by atoms with E-state index >= 15 is 0 Å². The van der Waals surface area contributed by atoms with Gasteiger partial charge in [0.15, 0.2) is 11.6 Å². The molecule has 25 heavy (non-hydrogen) atoms. The van der Waals surface area contributed by atoms with Crippen molar-refractivity contribution in [3.63, 3.8) is 0 Å². The summed E-state index contributed by atoms with van der Waals surface area (Å²) in [6, 6.07) is 12.4. The van der Waals surface area contributed by atoms with Gasteiger partial charge in [0.2, 0.25) is 15.9 Å². The van der Waals surface area contributed by atoms with Crippen molar-refractivity contribution < 1.29 is 22.0 Å². The zero-order valence-corrected chi connectivity index (χ0v) is 14.4. The Kier molecular flexibility index (Phi) is 6.08. The third-order valence-electron chi connectivity index (χ3n) is 3.45. The first-order valence-corrected chi connectivity index (χ1v) is 9.36. The predicted molar refractivity (Wildman–Crippen MR) is 91.7 cm³/mol. The lowest BCUT2D eigenvalue weighted by atomic mass is 10.1. The maximum absolute atomic E-state index is 13.9. The van der Waals surface area contributed by atoms with Crippen LogP contribution in [0.2, 0.25) is 0 Å². The fraction of sp³-hybridized carbons (Fsp3) is 0.235. The summed E-state index contributed by atoms with van der Waals surface area (Å²) >= 11 is 0. The van der Waals surface area contributed by atoms with Crippen LogP contribution < -0.4 is 9.62 Å². The van der Waals surface area contributed by atoms with Crippen LogP contribution in [0.25, 0.3) is 0 Å². The van der Waals surface area contributed by atoms with Crippen LogP contribution in [0, 0.1) is 11.6 Å². The van der Waals surface area contributed by atoms with Crippen LogP contribution in [-0.4, -0.2) is 33.7 Å². The molecule has 2 aromatic carbocycles. The van der Waals surface area contributed by atoms with Gasteiger partial charge in [0, 0.05) is 6.54 Å². The van der Waals surface area contributed by atoms with Crippen LogP contribution in [0.4, 0.5) is 14.5 Å². The van der Waals surface area contributed by atoms with Gasteiger partial charge in [-0.25, -0.2) is 17.2 Å². The lowest BCUT2D eigenvalue weighted by molar-refractivity contribution is -0.119. The summed E-state index contributed by atoms with van der Waals surface area (Å²) in [4.78, 5) is 12.0. The summed E-state index contributed by atoms with van der Waals surface area (Å²) in [5, 5.41) is 2.55. The lowest BCUT2D eigenvalue weighted by Crippen LogP contribution is -2.41. The van der Waals surface area contributed by atoms with Crippen molar-refractivity contribution in [3.05, 3.63) is 65.7 Å². The minimum atomic E-state index is -4.04. The highest BCUT2D eigenvalue weighted by Gasteiger charge is 2.26. The maximum Gasteiger partial charge on any atom is 0.240 e. The number of anilines is 1. The van der Waals surface area contributed by atoms with Gasteiger partial charge < -0.3 is 5.32 Å². The van der Waals surface area contributed by atoms with Crippen LogP contribution in [0.5, 0.6) is 0 Å². The number of para-hydroxylation sites is 1. The zero-order chi connectivity index (χ0) is 18.4. The van der Waals surface area contributed by atoms with E-state index in [0.717, 1.165) is 30.0 Å². The van der Waals surface area contributed by atoms with Gasteiger partial charge in [-0.15, -0.1) is 0 Å². The van der Waals surface area contributed by atoms with E-state index in [4.69, 9.17) is 0 Å². The fourth-order valence-electron chi connectivity index (χ4n) is 2.27. The summed E-state index contributed by atoms with van der Waals surface area (Å²) in [6.45, 7) is -0.425. The topological polar surface area (TPSA) is 66.5 Å². The van der Waals surface area contributed by atoms with Gasteiger partial charge in [0.05, 0.1) is 6.26 Å². The van der Waals surface area contributed by atoms with E-state index in [1.54, 1.807) is 0 Å². The smallest absolute Gasteiger partial charge is 0.240 e. The molecule has 0 spiro atoms. The van der Waals surface area contributed by atoms with Crippen LogP contribution in [0.3, 0.4) is 0 Å². The molecule has 8 heteroatoms. The first-order valence-electron chi connectivity index (χ1n) is 7.51. The van der Waals surface area contributed by atoms with E-state index in [1.165, 1.54) is 0 Å². The molecule has 0 radical (unpaired) electrons. The quantitative estimate of drug-likeness (QED) is 0.814. The largest absolute Gasteiger partial charge is 0.354 e.